The van der Waals surface area contributed by atoms with Crippen LogP contribution in [0.4, 0.5) is 0 Å². The molecule has 330 valence electrons. The lowest BCUT2D eigenvalue weighted by Crippen LogP contribution is -2.57. The predicted molar refractivity (Wildman–Crippen MR) is 237 cm³/mol. The molecule has 4 rings (SSSR count). The summed E-state index contributed by atoms with van der Waals surface area (Å²) in [5, 5.41) is 16.6. The molecule has 5 atom stereocenters. The number of esters is 1. The van der Waals surface area contributed by atoms with Crippen LogP contribution in [-0.4, -0.2) is 102 Å². The minimum absolute atomic E-state index is 0.0144. The van der Waals surface area contributed by atoms with Crippen LogP contribution in [0.1, 0.15) is 102 Å². The molecule has 4 amide bonds. The number of fused-ring (bicyclic) bond motifs is 3. The summed E-state index contributed by atoms with van der Waals surface area (Å²) in [4.78, 5) is 82.7. The molecule has 2 unspecified atom stereocenters. The van der Waals surface area contributed by atoms with Gasteiger partial charge in [0.05, 0.1) is 12.6 Å². The van der Waals surface area contributed by atoms with Gasteiger partial charge < -0.3 is 30.3 Å². The molecule has 3 aromatic carbocycles. The third-order valence-electron chi connectivity index (χ3n) is 11.5. The lowest BCUT2D eigenvalue weighted by Gasteiger charge is -2.34. The molecule has 0 heterocycles. The van der Waals surface area contributed by atoms with Crippen LogP contribution in [0.15, 0.2) is 72.8 Å². The molecule has 12 nitrogen and oxygen atoms in total. The fourth-order valence-electron chi connectivity index (χ4n) is 7.84. The summed E-state index contributed by atoms with van der Waals surface area (Å²) in [6.45, 7) is 8.82. The number of ketones is 1. The quantitative estimate of drug-likeness (QED) is 0.0721. The first kappa shape index (κ1) is 48.6. The lowest BCUT2D eigenvalue weighted by atomic mass is 9.96. The van der Waals surface area contributed by atoms with E-state index in [1.54, 1.807) is 24.3 Å². The SMILES string of the molecule is CCC(C)[C@H](NC(=O)CN(C)C(=O)[C@@H](Cc1ccc(Cl)cc1)N(C)C(=O)C(CCCCCC(=O)OCC1c2ccccc2-c2ccccc21)NC(=O)[C@H](O)CC(C)C)C(C)=O. The van der Waals surface area contributed by atoms with Gasteiger partial charge in [-0.25, -0.2) is 0 Å². The van der Waals surface area contributed by atoms with E-state index >= 15 is 0 Å². The summed E-state index contributed by atoms with van der Waals surface area (Å²) >= 11 is 6.14. The minimum Gasteiger partial charge on any atom is -0.465 e. The highest BCUT2D eigenvalue weighted by Gasteiger charge is 2.36. The molecule has 0 bridgehead atoms. The van der Waals surface area contributed by atoms with Gasteiger partial charge in [0.1, 0.15) is 24.8 Å². The second kappa shape index (κ2) is 23.2. The number of hydrogen-bond donors (Lipinski definition) is 3. The van der Waals surface area contributed by atoms with Crippen LogP contribution in [0.25, 0.3) is 11.1 Å². The molecule has 1 aliphatic carbocycles. The molecule has 61 heavy (non-hydrogen) atoms. The number of rotatable bonds is 23. The topological polar surface area (TPSA) is 162 Å². The Kier molecular flexibility index (Phi) is 18.5. The number of amides is 4. The largest absolute Gasteiger partial charge is 0.465 e. The van der Waals surface area contributed by atoms with Crippen LogP contribution in [-0.2, 0) is 39.9 Å². The van der Waals surface area contributed by atoms with Crippen molar-refractivity contribution in [3.8, 4) is 11.1 Å². The molecule has 0 radical (unpaired) electrons. The van der Waals surface area contributed by atoms with Gasteiger partial charge in [-0.1, -0.05) is 119 Å². The van der Waals surface area contributed by atoms with E-state index < -0.39 is 47.9 Å². The summed E-state index contributed by atoms with van der Waals surface area (Å²) in [6.07, 6.45) is 1.42. The van der Waals surface area contributed by atoms with Gasteiger partial charge in [0.2, 0.25) is 23.6 Å². The fourth-order valence-corrected chi connectivity index (χ4v) is 7.97. The van der Waals surface area contributed by atoms with Crippen molar-refractivity contribution in [3.63, 3.8) is 0 Å². The number of likely N-dealkylation sites (N-methyl/N-ethyl adjacent to an activating group) is 2. The summed E-state index contributed by atoms with van der Waals surface area (Å²) < 4.78 is 5.77. The van der Waals surface area contributed by atoms with Gasteiger partial charge >= 0.3 is 5.97 Å². The maximum Gasteiger partial charge on any atom is 0.305 e. The van der Waals surface area contributed by atoms with Crippen molar-refractivity contribution in [2.45, 2.75) is 116 Å². The minimum atomic E-state index is -1.35. The van der Waals surface area contributed by atoms with Gasteiger partial charge in [-0.2, -0.15) is 0 Å². The Morgan fingerprint density at radius 1 is 0.820 bits per heavy atom. The number of hydrogen-bond acceptors (Lipinski definition) is 8. The molecular weight excluding hydrogens is 796 g/mol. The van der Waals surface area contributed by atoms with Gasteiger partial charge in [-0.3, -0.25) is 28.8 Å². The van der Waals surface area contributed by atoms with Crippen molar-refractivity contribution in [1.29, 1.82) is 0 Å². The number of carbonyl (C=O) groups is 6. The van der Waals surface area contributed by atoms with Gasteiger partial charge in [0.15, 0.2) is 5.78 Å². The van der Waals surface area contributed by atoms with Crippen molar-refractivity contribution < 1.29 is 38.6 Å². The highest BCUT2D eigenvalue weighted by molar-refractivity contribution is 6.30. The van der Waals surface area contributed by atoms with E-state index in [9.17, 15) is 33.9 Å². The molecule has 0 aliphatic heterocycles. The molecule has 0 saturated carbocycles. The highest BCUT2D eigenvalue weighted by Crippen LogP contribution is 2.44. The van der Waals surface area contributed by atoms with Crippen molar-refractivity contribution in [2.24, 2.45) is 11.8 Å². The van der Waals surface area contributed by atoms with E-state index in [-0.39, 0.29) is 68.3 Å². The molecule has 3 aromatic rings. The second-order valence-corrected chi connectivity index (χ2v) is 17.2. The van der Waals surface area contributed by atoms with Crippen molar-refractivity contribution in [3.05, 3.63) is 94.5 Å². The number of aliphatic hydroxyl groups is 1. The highest BCUT2D eigenvalue weighted by atomic mass is 35.5. The van der Waals surface area contributed by atoms with Crippen LogP contribution in [0.5, 0.6) is 0 Å². The maximum absolute atomic E-state index is 14.4. The molecule has 3 N–H and O–H groups in total. The molecule has 0 aromatic heterocycles. The Balaban J connectivity index is 1.43. The Morgan fingerprint density at radius 2 is 1.43 bits per heavy atom. The zero-order chi connectivity index (χ0) is 44.8. The molecule has 0 fully saturated rings. The number of aliphatic hydroxyl groups excluding tert-OH is 1. The third-order valence-corrected chi connectivity index (χ3v) is 11.8. The van der Waals surface area contributed by atoms with Crippen LogP contribution in [0, 0.1) is 11.8 Å². The number of carbonyl (C=O) groups excluding carboxylic acids is 6. The number of Topliss-reactive ketones (excluding diaryl/α,β-unsaturated/α-hetero) is 1. The first-order chi connectivity index (χ1) is 29.0. The summed E-state index contributed by atoms with van der Waals surface area (Å²) in [7, 11) is 2.93. The zero-order valence-electron chi connectivity index (χ0n) is 36.6. The lowest BCUT2D eigenvalue weighted by molar-refractivity contribution is -0.147. The van der Waals surface area contributed by atoms with Crippen molar-refractivity contribution >= 4 is 47.0 Å². The smallest absolute Gasteiger partial charge is 0.305 e. The van der Waals surface area contributed by atoms with Crippen LogP contribution < -0.4 is 10.6 Å². The summed E-state index contributed by atoms with van der Waals surface area (Å²) in [5.74, 6) is -2.95. The monoisotopic (exact) mass is 858 g/mol. The predicted octanol–water partition coefficient (Wildman–Crippen LogP) is 6.49. The van der Waals surface area contributed by atoms with Crippen LogP contribution >= 0.6 is 11.6 Å². The van der Waals surface area contributed by atoms with E-state index in [0.717, 1.165) is 22.3 Å². The molecule has 0 spiro atoms. The third kappa shape index (κ3) is 13.7. The standard InChI is InChI=1S/C48H63ClN4O8/c1-8-31(4)45(32(5)54)51-43(56)28-52(6)48(60)41(27-33-22-24-34(49)25-23-33)53(7)47(59)40(50-46(58)42(55)26-30(2)3)20-10-9-11-21-44(57)61-29-39-37-18-14-12-16-35(37)36-17-13-15-19-38(36)39/h12-19,22-25,30-31,39-42,45,55H,8-11,20-21,26-29H2,1-7H3,(H,50,58)(H,51,56)/t31?,40?,41-,42-,45+/m1/s1. The van der Waals surface area contributed by atoms with Gasteiger partial charge in [0.25, 0.3) is 0 Å². The summed E-state index contributed by atoms with van der Waals surface area (Å²) in [5.41, 5.74) is 5.26. The average Bonchev–Trinajstić information content (AvgIpc) is 3.55. The van der Waals surface area contributed by atoms with Crippen molar-refractivity contribution in [1.82, 2.24) is 20.4 Å². The fraction of sp³-hybridized carbons (Fsp3) is 0.500. The van der Waals surface area contributed by atoms with E-state index in [1.165, 1.54) is 30.8 Å². The number of benzene rings is 3. The van der Waals surface area contributed by atoms with E-state index in [1.807, 2.05) is 52.0 Å². The zero-order valence-corrected chi connectivity index (χ0v) is 37.4. The molecule has 0 saturated heterocycles. The summed E-state index contributed by atoms with van der Waals surface area (Å²) in [6, 6.07) is 20.2. The second-order valence-electron chi connectivity index (χ2n) is 16.7. The number of nitrogens with zero attached hydrogens (tertiary/aromatic N) is 2. The molecular formula is C48H63ClN4O8. The molecule has 1 aliphatic rings. The van der Waals surface area contributed by atoms with Gasteiger partial charge in [-0.15, -0.1) is 0 Å². The van der Waals surface area contributed by atoms with Gasteiger partial charge in [0, 0.05) is 37.9 Å². The van der Waals surface area contributed by atoms with Crippen molar-refractivity contribution in [2.75, 3.05) is 27.2 Å². The Labute approximate surface area is 365 Å². The number of nitrogens with one attached hydrogen (secondary N) is 2. The number of unbranched alkanes of at least 4 members (excludes halogenated alkanes) is 2. The van der Waals surface area contributed by atoms with Crippen LogP contribution in [0.2, 0.25) is 5.02 Å². The Morgan fingerprint density at radius 3 is 2.00 bits per heavy atom. The van der Waals surface area contributed by atoms with Gasteiger partial charge in [-0.05, 0) is 78.0 Å². The van der Waals surface area contributed by atoms with Crippen LogP contribution in [0.3, 0.4) is 0 Å². The number of halogens is 1. The maximum atomic E-state index is 14.4. The Bertz CT molecular complexity index is 1940. The van der Waals surface area contributed by atoms with E-state index in [2.05, 4.69) is 34.9 Å². The average molecular weight is 860 g/mol. The molecule has 13 heteroatoms. The first-order valence-electron chi connectivity index (χ1n) is 21.4. The first-order valence-corrected chi connectivity index (χ1v) is 21.8. The van der Waals surface area contributed by atoms with E-state index in [4.69, 9.17) is 16.3 Å². The normalized spacial score (nSPS) is 14.5. The number of ether oxygens (including phenoxy) is 1. The van der Waals surface area contributed by atoms with E-state index in [0.29, 0.717) is 36.3 Å². The Hall–Kier alpha value is -5.07.